The molecule has 2 fully saturated rings. The molecule has 0 radical (unpaired) electrons. The number of piperidine rings is 1. The minimum absolute atomic E-state index is 0.0569. The Hall–Kier alpha value is -1.86. The van der Waals surface area contributed by atoms with Crippen molar-refractivity contribution in [3.8, 4) is 0 Å². The molecule has 0 bridgehead atoms. The summed E-state index contributed by atoms with van der Waals surface area (Å²) in [6.45, 7) is 7.88. The lowest BCUT2D eigenvalue weighted by Gasteiger charge is -2.33. The molecule has 0 atom stereocenters. The summed E-state index contributed by atoms with van der Waals surface area (Å²) in [5, 5.41) is 6.36. The van der Waals surface area contributed by atoms with Gasteiger partial charge < -0.3 is 24.9 Å². The standard InChI is InChI=1S/C18H28N4O3/c1-14-16(5-13-25-14)18(24)20-15-2-8-21(9-3-15)10-4-17(23)22-11-6-19-7-12-22/h5,13,15,19H,2-4,6-12H2,1H3,(H,20,24). The lowest BCUT2D eigenvalue weighted by atomic mass is 10.0. The van der Waals surface area contributed by atoms with E-state index in [1.807, 2.05) is 4.90 Å². The zero-order chi connectivity index (χ0) is 17.6. The van der Waals surface area contributed by atoms with Crippen molar-refractivity contribution in [1.82, 2.24) is 20.4 Å². The molecule has 2 N–H and O–H groups in total. The SMILES string of the molecule is Cc1occc1C(=O)NC1CCN(CCC(=O)N2CCNCC2)CC1. The smallest absolute Gasteiger partial charge is 0.255 e. The minimum atomic E-state index is -0.0569. The summed E-state index contributed by atoms with van der Waals surface area (Å²) in [5.41, 5.74) is 0.615. The Bertz CT molecular complexity index is 587. The summed E-state index contributed by atoms with van der Waals surface area (Å²) in [7, 11) is 0. The lowest BCUT2D eigenvalue weighted by Crippen LogP contribution is -2.48. The van der Waals surface area contributed by atoms with E-state index in [2.05, 4.69) is 15.5 Å². The molecule has 0 aromatic carbocycles. The molecule has 3 heterocycles. The molecule has 0 spiro atoms. The van der Waals surface area contributed by atoms with Crippen LogP contribution in [0.25, 0.3) is 0 Å². The van der Waals surface area contributed by atoms with Crippen LogP contribution in [0.4, 0.5) is 0 Å². The second kappa shape index (κ2) is 8.49. The van der Waals surface area contributed by atoms with E-state index >= 15 is 0 Å². The zero-order valence-electron chi connectivity index (χ0n) is 14.9. The van der Waals surface area contributed by atoms with E-state index in [-0.39, 0.29) is 17.9 Å². The van der Waals surface area contributed by atoms with E-state index in [0.717, 1.165) is 58.7 Å². The van der Waals surface area contributed by atoms with Gasteiger partial charge in [-0.05, 0) is 25.8 Å². The largest absolute Gasteiger partial charge is 0.469 e. The number of hydrogen-bond acceptors (Lipinski definition) is 5. The molecule has 2 saturated heterocycles. The van der Waals surface area contributed by atoms with Gasteiger partial charge in [0.2, 0.25) is 5.91 Å². The molecular formula is C18H28N4O3. The predicted molar refractivity (Wildman–Crippen MR) is 94.4 cm³/mol. The molecule has 2 aliphatic heterocycles. The highest BCUT2D eigenvalue weighted by molar-refractivity contribution is 5.95. The number of carbonyl (C=O) groups is 2. The maximum absolute atomic E-state index is 12.2. The van der Waals surface area contributed by atoms with Crippen LogP contribution in [0.5, 0.6) is 0 Å². The topological polar surface area (TPSA) is 77.8 Å². The van der Waals surface area contributed by atoms with Crippen molar-refractivity contribution in [2.24, 2.45) is 0 Å². The second-order valence-corrected chi connectivity index (χ2v) is 6.86. The van der Waals surface area contributed by atoms with Gasteiger partial charge in [-0.15, -0.1) is 0 Å². The molecule has 0 aliphatic carbocycles. The van der Waals surface area contributed by atoms with Gasteiger partial charge in [-0.25, -0.2) is 0 Å². The number of nitrogens with zero attached hydrogens (tertiary/aromatic N) is 2. The van der Waals surface area contributed by atoms with Crippen LogP contribution in [-0.2, 0) is 4.79 Å². The van der Waals surface area contributed by atoms with Crippen molar-refractivity contribution >= 4 is 11.8 Å². The third kappa shape index (κ3) is 4.83. The van der Waals surface area contributed by atoms with Gasteiger partial charge in [-0.1, -0.05) is 0 Å². The van der Waals surface area contributed by atoms with E-state index in [9.17, 15) is 9.59 Å². The normalized spacial score (nSPS) is 19.8. The predicted octanol–water partition coefficient (Wildman–Crippen LogP) is 0.604. The first-order chi connectivity index (χ1) is 12.1. The second-order valence-electron chi connectivity index (χ2n) is 6.86. The molecule has 138 valence electrons. The first-order valence-electron chi connectivity index (χ1n) is 9.19. The van der Waals surface area contributed by atoms with Crippen molar-refractivity contribution in [2.75, 3.05) is 45.8 Å². The Morgan fingerprint density at radius 2 is 1.96 bits per heavy atom. The van der Waals surface area contributed by atoms with Gasteiger partial charge >= 0.3 is 0 Å². The van der Waals surface area contributed by atoms with Crippen LogP contribution >= 0.6 is 0 Å². The average molecular weight is 348 g/mol. The maximum Gasteiger partial charge on any atom is 0.255 e. The summed E-state index contributed by atoms with van der Waals surface area (Å²) in [4.78, 5) is 28.7. The zero-order valence-corrected chi connectivity index (χ0v) is 14.9. The van der Waals surface area contributed by atoms with Gasteiger partial charge in [-0.2, -0.15) is 0 Å². The Kier molecular flexibility index (Phi) is 6.09. The van der Waals surface area contributed by atoms with Gasteiger partial charge in [0, 0.05) is 58.3 Å². The highest BCUT2D eigenvalue weighted by Gasteiger charge is 2.23. The fraction of sp³-hybridized carbons (Fsp3) is 0.667. The van der Waals surface area contributed by atoms with Crippen LogP contribution in [-0.4, -0.2) is 73.5 Å². The Morgan fingerprint density at radius 1 is 1.24 bits per heavy atom. The van der Waals surface area contributed by atoms with Crippen LogP contribution in [0.2, 0.25) is 0 Å². The van der Waals surface area contributed by atoms with Crippen molar-refractivity contribution < 1.29 is 14.0 Å². The summed E-state index contributed by atoms with van der Waals surface area (Å²) in [6.07, 6.45) is 3.97. The van der Waals surface area contributed by atoms with Gasteiger partial charge in [0.05, 0.1) is 11.8 Å². The van der Waals surface area contributed by atoms with Crippen molar-refractivity contribution in [3.63, 3.8) is 0 Å². The van der Waals surface area contributed by atoms with E-state index in [4.69, 9.17) is 4.42 Å². The molecular weight excluding hydrogens is 320 g/mol. The van der Waals surface area contributed by atoms with Crippen LogP contribution in [0, 0.1) is 6.92 Å². The third-order valence-electron chi connectivity index (χ3n) is 5.14. The Morgan fingerprint density at radius 3 is 2.60 bits per heavy atom. The van der Waals surface area contributed by atoms with Gasteiger partial charge in [0.25, 0.3) is 5.91 Å². The summed E-state index contributed by atoms with van der Waals surface area (Å²) in [6, 6.07) is 1.91. The first-order valence-corrected chi connectivity index (χ1v) is 9.19. The summed E-state index contributed by atoms with van der Waals surface area (Å²) < 4.78 is 5.19. The molecule has 1 aromatic rings. The molecule has 7 nitrogen and oxygen atoms in total. The molecule has 0 saturated carbocycles. The number of hydrogen-bond donors (Lipinski definition) is 2. The van der Waals surface area contributed by atoms with Crippen LogP contribution in [0.1, 0.15) is 35.4 Å². The fourth-order valence-electron chi connectivity index (χ4n) is 3.51. The highest BCUT2D eigenvalue weighted by Crippen LogP contribution is 2.14. The number of likely N-dealkylation sites (tertiary alicyclic amines) is 1. The number of nitrogens with one attached hydrogen (secondary N) is 2. The van der Waals surface area contributed by atoms with Crippen molar-refractivity contribution in [3.05, 3.63) is 23.7 Å². The van der Waals surface area contributed by atoms with Gasteiger partial charge in [0.15, 0.2) is 0 Å². The molecule has 3 rings (SSSR count). The van der Waals surface area contributed by atoms with Crippen LogP contribution in [0.15, 0.2) is 16.7 Å². The molecule has 2 aliphatic rings. The molecule has 0 unspecified atom stereocenters. The third-order valence-corrected chi connectivity index (χ3v) is 5.14. The number of carbonyl (C=O) groups excluding carboxylic acids is 2. The molecule has 7 heteroatoms. The summed E-state index contributed by atoms with van der Waals surface area (Å²) in [5.74, 6) is 0.854. The molecule has 1 aromatic heterocycles. The van der Waals surface area contributed by atoms with Crippen LogP contribution < -0.4 is 10.6 Å². The van der Waals surface area contributed by atoms with Crippen LogP contribution in [0.3, 0.4) is 0 Å². The average Bonchev–Trinajstić information content (AvgIpc) is 3.08. The van der Waals surface area contributed by atoms with Gasteiger partial charge in [-0.3, -0.25) is 9.59 Å². The monoisotopic (exact) mass is 348 g/mol. The first kappa shape index (κ1) is 17.9. The summed E-state index contributed by atoms with van der Waals surface area (Å²) >= 11 is 0. The number of piperazine rings is 1. The maximum atomic E-state index is 12.2. The van der Waals surface area contributed by atoms with E-state index in [0.29, 0.717) is 17.7 Å². The lowest BCUT2D eigenvalue weighted by molar-refractivity contribution is -0.132. The quantitative estimate of drug-likeness (QED) is 0.815. The fourth-order valence-corrected chi connectivity index (χ4v) is 3.51. The highest BCUT2D eigenvalue weighted by atomic mass is 16.3. The van der Waals surface area contributed by atoms with E-state index in [1.165, 1.54) is 0 Å². The number of aryl methyl sites for hydroxylation is 1. The molecule has 25 heavy (non-hydrogen) atoms. The minimum Gasteiger partial charge on any atom is -0.469 e. The number of rotatable bonds is 5. The molecule has 2 amide bonds. The van der Waals surface area contributed by atoms with E-state index < -0.39 is 0 Å². The number of amides is 2. The Labute approximate surface area is 148 Å². The van der Waals surface area contributed by atoms with E-state index in [1.54, 1.807) is 19.3 Å². The van der Waals surface area contributed by atoms with Crippen molar-refractivity contribution in [1.29, 1.82) is 0 Å². The number of furan rings is 1. The van der Waals surface area contributed by atoms with Gasteiger partial charge in [0.1, 0.15) is 5.76 Å². The Balaban J connectivity index is 1.36. The van der Waals surface area contributed by atoms with Crippen molar-refractivity contribution in [2.45, 2.75) is 32.2 Å².